The maximum absolute atomic E-state index is 11.5. The second-order valence-electron chi connectivity index (χ2n) is 7.08. The van der Waals surface area contributed by atoms with Crippen molar-refractivity contribution < 1.29 is 4.92 Å². The zero-order chi connectivity index (χ0) is 21.1. The van der Waals surface area contributed by atoms with Crippen molar-refractivity contribution in [2.75, 3.05) is 36.8 Å². The monoisotopic (exact) mass is 424 g/mol. The summed E-state index contributed by atoms with van der Waals surface area (Å²) in [6.07, 6.45) is 1.27. The molecule has 1 atom stereocenters. The molecule has 1 fully saturated rings. The molecule has 2 N–H and O–H groups in total. The normalized spacial score (nSPS) is 15.7. The van der Waals surface area contributed by atoms with Crippen molar-refractivity contribution in [2.24, 2.45) is 0 Å². The van der Waals surface area contributed by atoms with Gasteiger partial charge in [-0.15, -0.1) is 0 Å². The Morgan fingerprint density at radius 3 is 2.23 bits per heavy atom. The van der Waals surface area contributed by atoms with Crippen LogP contribution < -0.4 is 10.6 Å². The Labute approximate surface area is 179 Å². The average molecular weight is 425 g/mol. The highest BCUT2D eigenvalue weighted by atomic mass is 35.5. The first kappa shape index (κ1) is 20.1. The van der Waals surface area contributed by atoms with Crippen molar-refractivity contribution in [3.8, 4) is 0 Å². The topological polar surface area (TPSA) is 101 Å². The molecule has 8 nitrogen and oxygen atoms in total. The molecule has 0 aliphatic carbocycles. The summed E-state index contributed by atoms with van der Waals surface area (Å²) in [5.74, 6) is 0.158. The van der Waals surface area contributed by atoms with Crippen LogP contribution in [-0.2, 0) is 0 Å². The number of hydrogen-bond donors (Lipinski definition) is 1. The van der Waals surface area contributed by atoms with Gasteiger partial charge >= 0.3 is 5.69 Å². The minimum atomic E-state index is -0.516. The molecule has 0 saturated carbocycles. The molecule has 2 heterocycles. The van der Waals surface area contributed by atoms with E-state index in [1.807, 2.05) is 47.4 Å². The third-order valence-corrected chi connectivity index (χ3v) is 5.55. The predicted molar refractivity (Wildman–Crippen MR) is 117 cm³/mol. The summed E-state index contributed by atoms with van der Waals surface area (Å²) in [7, 11) is 0. The lowest BCUT2D eigenvalue weighted by atomic mass is 9.96. The van der Waals surface area contributed by atoms with Crippen molar-refractivity contribution in [1.82, 2.24) is 14.9 Å². The van der Waals surface area contributed by atoms with E-state index in [1.54, 1.807) is 0 Å². The number of nitrogens with zero attached hydrogens (tertiary/aromatic N) is 5. The Morgan fingerprint density at radius 1 is 0.967 bits per heavy atom. The highest BCUT2D eigenvalue weighted by Crippen LogP contribution is 2.33. The fraction of sp³-hybridized carbons (Fsp3) is 0.238. The van der Waals surface area contributed by atoms with E-state index in [2.05, 4.69) is 27.0 Å². The Kier molecular flexibility index (Phi) is 5.78. The molecule has 154 valence electrons. The fourth-order valence-corrected chi connectivity index (χ4v) is 4.00. The van der Waals surface area contributed by atoms with Gasteiger partial charge in [0.15, 0.2) is 0 Å². The standard InChI is InChI=1S/C21H21ClN6O2/c22-17-8-6-16(7-9-17)18(15-4-2-1-3-5-15)26-10-12-27(13-11-26)21-19(28(29)30)20(23)24-14-25-21/h1-9,14,18H,10-13H2,(H2,23,24,25)/t18-/m1/s1. The van der Waals surface area contributed by atoms with Gasteiger partial charge in [-0.2, -0.15) is 0 Å². The summed E-state index contributed by atoms with van der Waals surface area (Å²) in [5.41, 5.74) is 7.83. The van der Waals surface area contributed by atoms with Gasteiger partial charge in [-0.05, 0) is 23.3 Å². The average Bonchev–Trinajstić information content (AvgIpc) is 2.76. The number of nitro groups is 1. The minimum Gasteiger partial charge on any atom is -0.378 e. The minimum absolute atomic E-state index is 0.0658. The van der Waals surface area contributed by atoms with Gasteiger partial charge in [0.1, 0.15) is 6.33 Å². The Balaban J connectivity index is 1.59. The van der Waals surface area contributed by atoms with E-state index in [4.69, 9.17) is 17.3 Å². The quantitative estimate of drug-likeness (QED) is 0.493. The second kappa shape index (κ2) is 8.64. The van der Waals surface area contributed by atoms with Gasteiger partial charge in [0.25, 0.3) is 0 Å². The molecule has 1 aliphatic heterocycles. The largest absolute Gasteiger partial charge is 0.378 e. The van der Waals surface area contributed by atoms with Crippen molar-refractivity contribution in [3.05, 3.63) is 87.2 Å². The molecule has 0 amide bonds. The number of anilines is 2. The van der Waals surface area contributed by atoms with Crippen LogP contribution in [0, 0.1) is 10.1 Å². The molecule has 0 spiro atoms. The third kappa shape index (κ3) is 4.05. The summed E-state index contributed by atoms with van der Waals surface area (Å²) in [6, 6.07) is 18.2. The lowest BCUT2D eigenvalue weighted by molar-refractivity contribution is -0.383. The van der Waals surface area contributed by atoms with Gasteiger partial charge in [-0.3, -0.25) is 15.0 Å². The van der Waals surface area contributed by atoms with Crippen LogP contribution in [0.2, 0.25) is 5.02 Å². The van der Waals surface area contributed by atoms with Crippen molar-refractivity contribution in [2.45, 2.75) is 6.04 Å². The van der Waals surface area contributed by atoms with Crippen LogP contribution in [0.1, 0.15) is 17.2 Å². The Morgan fingerprint density at radius 2 is 1.60 bits per heavy atom. The summed E-state index contributed by atoms with van der Waals surface area (Å²) in [6.45, 7) is 2.61. The van der Waals surface area contributed by atoms with Crippen molar-refractivity contribution in [1.29, 1.82) is 0 Å². The summed E-state index contributed by atoms with van der Waals surface area (Å²) in [4.78, 5) is 23.1. The van der Waals surface area contributed by atoms with Crippen LogP contribution in [0.5, 0.6) is 0 Å². The molecule has 0 bridgehead atoms. The van der Waals surface area contributed by atoms with Gasteiger partial charge in [-0.25, -0.2) is 9.97 Å². The van der Waals surface area contributed by atoms with E-state index in [0.717, 1.165) is 5.56 Å². The summed E-state index contributed by atoms with van der Waals surface area (Å²) >= 11 is 6.09. The van der Waals surface area contributed by atoms with E-state index in [1.165, 1.54) is 11.9 Å². The first-order chi connectivity index (χ1) is 14.5. The second-order valence-corrected chi connectivity index (χ2v) is 7.51. The van der Waals surface area contributed by atoms with E-state index in [9.17, 15) is 10.1 Å². The molecule has 1 aliphatic rings. The first-order valence-corrected chi connectivity index (χ1v) is 9.96. The van der Waals surface area contributed by atoms with Crippen LogP contribution in [-0.4, -0.2) is 46.0 Å². The molecular formula is C21H21ClN6O2. The maximum atomic E-state index is 11.5. The van der Waals surface area contributed by atoms with E-state index >= 15 is 0 Å². The lowest BCUT2D eigenvalue weighted by Gasteiger charge is -2.40. The number of benzene rings is 2. The summed E-state index contributed by atoms with van der Waals surface area (Å²) < 4.78 is 0. The van der Waals surface area contributed by atoms with Gasteiger partial charge in [0.05, 0.1) is 11.0 Å². The van der Waals surface area contributed by atoms with Crippen molar-refractivity contribution in [3.63, 3.8) is 0 Å². The van der Waals surface area contributed by atoms with Gasteiger partial charge in [-0.1, -0.05) is 54.1 Å². The van der Waals surface area contributed by atoms with Crippen LogP contribution in [0.15, 0.2) is 60.9 Å². The number of halogens is 1. The maximum Gasteiger partial charge on any atom is 0.353 e. The first-order valence-electron chi connectivity index (χ1n) is 9.59. The highest BCUT2D eigenvalue weighted by Gasteiger charge is 2.31. The van der Waals surface area contributed by atoms with Crippen LogP contribution in [0.3, 0.4) is 0 Å². The van der Waals surface area contributed by atoms with E-state index < -0.39 is 4.92 Å². The molecule has 30 heavy (non-hydrogen) atoms. The van der Waals surface area contributed by atoms with E-state index in [-0.39, 0.29) is 23.4 Å². The molecular weight excluding hydrogens is 404 g/mol. The molecule has 0 radical (unpaired) electrons. The number of aromatic nitrogens is 2. The number of piperazine rings is 1. The molecule has 3 aromatic rings. The molecule has 1 saturated heterocycles. The molecule has 0 unspecified atom stereocenters. The van der Waals surface area contributed by atoms with E-state index in [0.29, 0.717) is 31.2 Å². The van der Waals surface area contributed by atoms with Gasteiger partial charge < -0.3 is 10.6 Å². The summed E-state index contributed by atoms with van der Waals surface area (Å²) in [5, 5.41) is 12.2. The number of nitrogen functional groups attached to an aromatic ring is 1. The Bertz CT molecular complexity index is 1020. The van der Waals surface area contributed by atoms with Crippen LogP contribution in [0.4, 0.5) is 17.3 Å². The van der Waals surface area contributed by atoms with Gasteiger partial charge in [0.2, 0.25) is 11.6 Å². The number of rotatable bonds is 5. The molecule has 9 heteroatoms. The lowest BCUT2D eigenvalue weighted by Crippen LogP contribution is -2.48. The zero-order valence-electron chi connectivity index (χ0n) is 16.2. The Hall–Kier alpha value is -3.23. The molecule has 2 aromatic carbocycles. The molecule has 4 rings (SSSR count). The van der Waals surface area contributed by atoms with Crippen LogP contribution >= 0.6 is 11.6 Å². The fourth-order valence-electron chi connectivity index (χ4n) is 3.88. The van der Waals surface area contributed by atoms with Gasteiger partial charge in [0, 0.05) is 31.2 Å². The SMILES string of the molecule is Nc1ncnc(N2CCN([C@H](c3ccccc3)c3ccc(Cl)cc3)CC2)c1[N+](=O)[O-]. The van der Waals surface area contributed by atoms with Crippen LogP contribution in [0.25, 0.3) is 0 Å². The highest BCUT2D eigenvalue weighted by molar-refractivity contribution is 6.30. The zero-order valence-corrected chi connectivity index (χ0v) is 16.9. The van der Waals surface area contributed by atoms with Crippen molar-refractivity contribution >= 4 is 28.9 Å². The predicted octanol–water partition coefficient (Wildman–Crippen LogP) is 3.53. The third-order valence-electron chi connectivity index (χ3n) is 5.29. The number of hydrogen-bond acceptors (Lipinski definition) is 7. The molecule has 1 aromatic heterocycles. The smallest absolute Gasteiger partial charge is 0.353 e. The number of nitrogens with two attached hydrogens (primary N) is 1.